The number of methoxy groups -OCH3 is 1. The highest BCUT2D eigenvalue weighted by atomic mass is 16.5. The Morgan fingerprint density at radius 3 is 2.42 bits per heavy atom. The zero-order valence-corrected chi connectivity index (χ0v) is 17.1. The van der Waals surface area contributed by atoms with Crippen molar-refractivity contribution in [1.29, 1.82) is 0 Å². The highest BCUT2D eigenvalue weighted by Crippen LogP contribution is 2.28. The van der Waals surface area contributed by atoms with Crippen LogP contribution in [-0.4, -0.2) is 23.4 Å². The summed E-state index contributed by atoms with van der Waals surface area (Å²) in [7, 11) is 1.65. The predicted molar refractivity (Wildman–Crippen MR) is 110 cm³/mol. The summed E-state index contributed by atoms with van der Waals surface area (Å²) < 4.78 is 5.33. The van der Waals surface area contributed by atoms with Crippen molar-refractivity contribution in [3.63, 3.8) is 0 Å². The van der Waals surface area contributed by atoms with Gasteiger partial charge in [-0.2, -0.15) is 0 Å². The molecule has 3 heteroatoms. The molecule has 2 N–H and O–H groups in total. The van der Waals surface area contributed by atoms with Gasteiger partial charge >= 0.3 is 0 Å². The molecule has 0 heterocycles. The molecule has 26 heavy (non-hydrogen) atoms. The van der Waals surface area contributed by atoms with E-state index in [1.165, 1.54) is 11.1 Å². The quantitative estimate of drug-likeness (QED) is 0.562. The molecule has 0 spiro atoms. The lowest BCUT2D eigenvalue weighted by Gasteiger charge is -2.09. The van der Waals surface area contributed by atoms with Crippen molar-refractivity contribution in [1.82, 2.24) is 0 Å². The molecule has 0 fully saturated rings. The molecule has 0 saturated carbocycles. The Kier molecular flexibility index (Phi) is 9.22. The van der Waals surface area contributed by atoms with Crippen molar-refractivity contribution in [3.05, 3.63) is 58.2 Å². The van der Waals surface area contributed by atoms with Gasteiger partial charge in [0.25, 0.3) is 0 Å². The van der Waals surface area contributed by atoms with Crippen LogP contribution < -0.4 is 4.74 Å². The lowest BCUT2D eigenvalue weighted by atomic mass is 10.0. The summed E-state index contributed by atoms with van der Waals surface area (Å²) in [5, 5.41) is 20.0. The minimum atomic E-state index is -0.396. The number of aromatic hydroxyl groups is 1. The van der Waals surface area contributed by atoms with E-state index >= 15 is 0 Å². The van der Waals surface area contributed by atoms with Crippen LogP contribution in [0.3, 0.4) is 0 Å². The third-order valence-corrected chi connectivity index (χ3v) is 4.35. The van der Waals surface area contributed by atoms with Gasteiger partial charge in [-0.05, 0) is 78.0 Å². The molecule has 1 aromatic carbocycles. The predicted octanol–water partition coefficient (Wildman–Crippen LogP) is 5.64. The Hall–Kier alpha value is -2.00. The zero-order valence-electron chi connectivity index (χ0n) is 17.1. The van der Waals surface area contributed by atoms with Gasteiger partial charge in [0.15, 0.2) is 0 Å². The number of phenolic OH excluding ortho intramolecular Hbond substituents is 1. The van der Waals surface area contributed by atoms with Crippen LogP contribution in [0.1, 0.15) is 58.1 Å². The summed E-state index contributed by atoms with van der Waals surface area (Å²) in [5.41, 5.74) is 5.45. The van der Waals surface area contributed by atoms with Gasteiger partial charge in [-0.3, -0.25) is 0 Å². The number of phenols is 1. The number of hydrogen-bond acceptors (Lipinski definition) is 3. The fraction of sp³-hybridized carbons (Fsp3) is 0.478. The average molecular weight is 359 g/mol. The summed E-state index contributed by atoms with van der Waals surface area (Å²) in [5.74, 6) is 1.12. The summed E-state index contributed by atoms with van der Waals surface area (Å²) in [6, 6.07) is 3.66. The molecule has 0 aliphatic heterocycles. The first-order valence-electron chi connectivity index (χ1n) is 9.23. The Balaban J connectivity index is 2.57. The third-order valence-electron chi connectivity index (χ3n) is 4.35. The van der Waals surface area contributed by atoms with Gasteiger partial charge in [0.2, 0.25) is 0 Å². The second-order valence-electron chi connectivity index (χ2n) is 7.31. The number of rotatable bonds is 9. The van der Waals surface area contributed by atoms with Gasteiger partial charge in [0, 0.05) is 5.56 Å². The molecular weight excluding hydrogens is 324 g/mol. The van der Waals surface area contributed by atoms with E-state index in [-0.39, 0.29) is 0 Å². The lowest BCUT2D eigenvalue weighted by molar-refractivity contribution is 0.222. The summed E-state index contributed by atoms with van der Waals surface area (Å²) in [6.07, 6.45) is 9.16. The monoisotopic (exact) mass is 358 g/mol. The molecular formula is C23H34O3. The van der Waals surface area contributed by atoms with Crippen LogP contribution in [0.4, 0.5) is 0 Å². The Labute approximate surface area is 158 Å². The first-order valence-corrected chi connectivity index (χ1v) is 9.23. The van der Waals surface area contributed by atoms with E-state index in [9.17, 15) is 10.2 Å². The summed E-state index contributed by atoms with van der Waals surface area (Å²) in [6.45, 7) is 10.1. The van der Waals surface area contributed by atoms with E-state index in [0.29, 0.717) is 18.6 Å². The minimum absolute atomic E-state index is 0.316. The number of ether oxygens (including phenoxy) is 1. The molecule has 3 nitrogen and oxygen atoms in total. The largest absolute Gasteiger partial charge is 0.508 e. The van der Waals surface area contributed by atoms with E-state index in [1.807, 2.05) is 32.9 Å². The normalized spacial score (nSPS) is 13.5. The van der Waals surface area contributed by atoms with Crippen molar-refractivity contribution < 1.29 is 14.9 Å². The molecule has 144 valence electrons. The van der Waals surface area contributed by atoms with Gasteiger partial charge in [-0.15, -0.1) is 0 Å². The maximum Gasteiger partial charge on any atom is 0.122 e. The summed E-state index contributed by atoms with van der Waals surface area (Å²) in [4.78, 5) is 0. The van der Waals surface area contributed by atoms with Crippen LogP contribution >= 0.6 is 0 Å². The van der Waals surface area contributed by atoms with E-state index in [4.69, 9.17) is 4.74 Å². The van der Waals surface area contributed by atoms with Crippen LogP contribution in [0.25, 0.3) is 0 Å². The topological polar surface area (TPSA) is 49.7 Å². The highest BCUT2D eigenvalue weighted by Gasteiger charge is 2.06. The van der Waals surface area contributed by atoms with Gasteiger partial charge in [-0.25, -0.2) is 0 Å². The maximum absolute atomic E-state index is 10.1. The number of allylic oxidation sites excluding steroid dienone is 4. The molecule has 0 saturated heterocycles. The smallest absolute Gasteiger partial charge is 0.122 e. The first-order chi connectivity index (χ1) is 12.2. The Morgan fingerprint density at radius 1 is 1.12 bits per heavy atom. The van der Waals surface area contributed by atoms with Gasteiger partial charge < -0.3 is 14.9 Å². The number of hydrogen-bond donors (Lipinski definition) is 2. The van der Waals surface area contributed by atoms with Crippen molar-refractivity contribution in [3.8, 4) is 11.5 Å². The van der Waals surface area contributed by atoms with E-state index in [1.54, 1.807) is 13.2 Å². The molecule has 1 atom stereocenters. The van der Waals surface area contributed by atoms with Crippen LogP contribution in [0.5, 0.6) is 11.5 Å². The Bertz CT molecular complexity index is 677. The second kappa shape index (κ2) is 10.9. The fourth-order valence-corrected chi connectivity index (χ4v) is 2.89. The van der Waals surface area contributed by atoms with Crippen molar-refractivity contribution in [2.45, 2.75) is 66.4 Å². The molecule has 0 amide bonds. The lowest BCUT2D eigenvalue weighted by Crippen LogP contribution is -2.03. The van der Waals surface area contributed by atoms with Crippen LogP contribution in [0, 0.1) is 6.92 Å². The zero-order chi connectivity index (χ0) is 19.7. The third kappa shape index (κ3) is 7.92. The van der Waals surface area contributed by atoms with Crippen LogP contribution in [0.15, 0.2) is 47.1 Å². The second-order valence-corrected chi connectivity index (χ2v) is 7.31. The van der Waals surface area contributed by atoms with Crippen molar-refractivity contribution in [2.75, 3.05) is 7.11 Å². The van der Waals surface area contributed by atoms with Crippen molar-refractivity contribution in [2.24, 2.45) is 0 Å². The fourth-order valence-electron chi connectivity index (χ4n) is 2.89. The first kappa shape index (κ1) is 22.0. The SMILES string of the molecule is COc1cc(C/C=C(\C)CC/C=C(\C)CC(O)C=C(C)C)c(O)cc1C. The average Bonchev–Trinajstić information content (AvgIpc) is 2.53. The van der Waals surface area contributed by atoms with Gasteiger partial charge in [-0.1, -0.05) is 34.9 Å². The molecule has 1 unspecified atom stereocenters. The number of aliphatic hydroxyl groups excluding tert-OH is 1. The van der Waals surface area contributed by atoms with E-state index in [2.05, 4.69) is 26.0 Å². The van der Waals surface area contributed by atoms with Crippen LogP contribution in [-0.2, 0) is 6.42 Å². The maximum atomic E-state index is 10.1. The van der Waals surface area contributed by atoms with Crippen molar-refractivity contribution >= 4 is 0 Å². The van der Waals surface area contributed by atoms with E-state index in [0.717, 1.165) is 35.3 Å². The van der Waals surface area contributed by atoms with Gasteiger partial charge in [0.1, 0.15) is 11.5 Å². The van der Waals surface area contributed by atoms with Gasteiger partial charge in [0.05, 0.1) is 13.2 Å². The number of benzene rings is 1. The van der Waals surface area contributed by atoms with Crippen LogP contribution in [0.2, 0.25) is 0 Å². The molecule has 0 bridgehead atoms. The molecule has 0 aliphatic rings. The minimum Gasteiger partial charge on any atom is -0.508 e. The molecule has 1 rings (SSSR count). The molecule has 1 aromatic rings. The molecule has 0 aliphatic carbocycles. The number of aliphatic hydroxyl groups is 1. The Morgan fingerprint density at radius 2 is 1.81 bits per heavy atom. The number of aryl methyl sites for hydroxylation is 1. The molecule has 0 aromatic heterocycles. The standard InChI is InChI=1S/C23H34O3/c1-16(2)12-21(24)13-18(4)9-7-8-17(3)10-11-20-15-23(26-6)19(5)14-22(20)25/h9-10,12,14-15,21,24-25H,7-8,11,13H2,1-6H3/b17-10+,18-9+. The highest BCUT2D eigenvalue weighted by molar-refractivity contribution is 5.46. The van der Waals surface area contributed by atoms with E-state index < -0.39 is 6.10 Å². The molecule has 0 radical (unpaired) electrons. The summed E-state index contributed by atoms with van der Waals surface area (Å²) >= 11 is 0.